The van der Waals surface area contributed by atoms with E-state index in [4.69, 9.17) is 0 Å². The number of thioether (sulfide) groups is 2. The summed E-state index contributed by atoms with van der Waals surface area (Å²) in [7, 11) is 4.27. The van der Waals surface area contributed by atoms with Crippen molar-refractivity contribution in [3.8, 4) is 0 Å². The maximum atomic E-state index is 13.3. The van der Waals surface area contributed by atoms with Crippen LogP contribution in [0.4, 0.5) is 20.2 Å². The second-order valence-corrected chi connectivity index (χ2v) is 21.1. The predicted octanol–water partition coefficient (Wildman–Crippen LogP) is 9.39. The molecule has 0 N–H and O–H groups in total. The molecule has 2 aliphatic carbocycles. The molecule has 2 aromatic carbocycles. The summed E-state index contributed by atoms with van der Waals surface area (Å²) >= 11 is 3.70. The fourth-order valence-corrected chi connectivity index (χ4v) is 13.3. The highest BCUT2D eigenvalue weighted by Crippen LogP contribution is 2.38. The first-order chi connectivity index (χ1) is 30.4. The second-order valence-electron chi connectivity index (χ2n) is 19.0. The number of likely N-dealkylation sites (tertiary alicyclic amines) is 2. The average molecular weight is 887 g/mol. The van der Waals surface area contributed by atoms with Gasteiger partial charge in [-0.2, -0.15) is 0 Å². The number of anilines is 2. The van der Waals surface area contributed by atoms with Crippen LogP contribution in [0.25, 0.3) is 0 Å². The maximum absolute atomic E-state index is 13.3. The Morgan fingerprint density at radius 1 is 0.516 bits per heavy atom. The van der Waals surface area contributed by atoms with Crippen molar-refractivity contribution >= 4 is 34.9 Å². The lowest BCUT2D eigenvalue weighted by molar-refractivity contribution is 0.319. The summed E-state index contributed by atoms with van der Waals surface area (Å²) < 4.78 is 31.0. The number of halogens is 2. The molecule has 10 nitrogen and oxygen atoms in total. The van der Waals surface area contributed by atoms with E-state index in [1.807, 2.05) is 47.8 Å². The van der Waals surface area contributed by atoms with E-state index in [0.29, 0.717) is 23.9 Å². The van der Waals surface area contributed by atoms with Crippen LogP contribution in [-0.2, 0) is 14.1 Å². The molecule has 0 radical (unpaired) electrons. The van der Waals surface area contributed by atoms with Crippen LogP contribution < -0.4 is 9.80 Å². The highest BCUT2D eigenvalue weighted by Gasteiger charge is 2.42. The van der Waals surface area contributed by atoms with E-state index in [-0.39, 0.29) is 11.6 Å². The summed E-state index contributed by atoms with van der Waals surface area (Å²) in [5, 5.41) is 20.2. The van der Waals surface area contributed by atoms with Gasteiger partial charge in [-0.05, 0) is 125 Å². The Kier molecular flexibility index (Phi) is 14.7. The predicted molar refractivity (Wildman–Crippen MR) is 249 cm³/mol. The second kappa shape index (κ2) is 20.7. The molecule has 4 saturated heterocycles. The minimum atomic E-state index is -0.154. The van der Waals surface area contributed by atoms with Crippen LogP contribution in [0, 0.1) is 23.5 Å². The molecule has 6 fully saturated rings. The van der Waals surface area contributed by atoms with Gasteiger partial charge in [-0.25, -0.2) is 8.78 Å². The number of aromatic nitrogens is 6. The minimum absolute atomic E-state index is 0.154. The summed E-state index contributed by atoms with van der Waals surface area (Å²) in [6.07, 6.45) is 18.0. The van der Waals surface area contributed by atoms with E-state index in [1.54, 1.807) is 24.3 Å². The van der Waals surface area contributed by atoms with Crippen LogP contribution in [0.15, 0.2) is 58.8 Å². The summed E-state index contributed by atoms with van der Waals surface area (Å²) in [6.45, 7) is 9.13. The van der Waals surface area contributed by atoms with Crippen LogP contribution in [0.1, 0.15) is 113 Å². The molecule has 2 saturated carbocycles. The minimum Gasteiger partial charge on any atom is -0.367 e. The van der Waals surface area contributed by atoms with E-state index >= 15 is 0 Å². The first kappa shape index (κ1) is 44.0. The highest BCUT2D eigenvalue weighted by molar-refractivity contribution is 7.99. The fourth-order valence-electron chi connectivity index (χ4n) is 11.6. The van der Waals surface area contributed by atoms with Crippen LogP contribution in [0.2, 0.25) is 0 Å². The van der Waals surface area contributed by atoms with Gasteiger partial charge in [-0.1, -0.05) is 62.0 Å². The molecule has 0 spiro atoms. The van der Waals surface area contributed by atoms with Gasteiger partial charge < -0.3 is 28.7 Å². The normalized spacial score (nSPS) is 24.8. The fraction of sp³-hybridized carbons (Fsp3) is 0.667. The van der Waals surface area contributed by atoms with E-state index in [9.17, 15) is 8.78 Å². The molecular weight excluding hydrogens is 819 g/mol. The Bertz CT molecular complexity index is 1870. The number of hydrogen-bond acceptors (Lipinski definition) is 10. The Morgan fingerprint density at radius 2 is 0.919 bits per heavy atom. The van der Waals surface area contributed by atoms with Gasteiger partial charge in [0.25, 0.3) is 0 Å². The molecule has 4 aliphatic heterocycles. The zero-order chi connectivity index (χ0) is 42.4. The molecular formula is C48H68F2N10S2. The van der Waals surface area contributed by atoms with Gasteiger partial charge in [0.2, 0.25) is 0 Å². The van der Waals surface area contributed by atoms with E-state index in [0.717, 1.165) is 72.9 Å². The third kappa shape index (κ3) is 10.3. The monoisotopic (exact) mass is 887 g/mol. The van der Waals surface area contributed by atoms with Gasteiger partial charge in [0.1, 0.15) is 23.3 Å². The molecule has 6 heterocycles. The highest BCUT2D eigenvalue weighted by atomic mass is 32.2. The standard InChI is InChI=1S/2C24H34FN5S/c2*1-28-23(18-6-3-2-4-7-18)26-27-24(28)31-15-5-13-29-16-19-12-14-30(22(19)17-29)21-10-8-20(25)9-11-21/h2*8-11,18-19,22H,2-7,12-17H2,1H3/t2*19-,22+/m10/s1. The number of nitrogens with zero attached hydrogens (tertiary/aromatic N) is 10. The molecule has 0 unspecified atom stereocenters. The molecule has 4 aromatic rings. The third-order valence-electron chi connectivity index (χ3n) is 14.9. The molecule has 0 bridgehead atoms. The van der Waals surface area contributed by atoms with Crippen LogP contribution >= 0.6 is 23.5 Å². The van der Waals surface area contributed by atoms with Crippen molar-refractivity contribution in [1.29, 1.82) is 0 Å². The summed E-state index contributed by atoms with van der Waals surface area (Å²) in [5.41, 5.74) is 2.34. The average Bonchev–Trinajstić information content (AvgIpc) is 4.16. The first-order valence-corrected chi connectivity index (χ1v) is 25.9. The molecule has 6 aliphatic rings. The third-order valence-corrected chi connectivity index (χ3v) is 17.2. The van der Waals surface area contributed by atoms with Crippen LogP contribution in [0.3, 0.4) is 0 Å². The van der Waals surface area contributed by atoms with Gasteiger partial charge in [0.05, 0.1) is 0 Å². The van der Waals surface area contributed by atoms with Crippen molar-refractivity contribution in [2.45, 2.75) is 124 Å². The molecule has 0 amide bonds. The van der Waals surface area contributed by atoms with Crippen molar-refractivity contribution < 1.29 is 8.78 Å². The molecule has 2 aromatic heterocycles. The molecule has 10 rings (SSSR count). The molecule has 336 valence electrons. The lowest BCUT2D eigenvalue weighted by Gasteiger charge is -2.27. The summed E-state index contributed by atoms with van der Waals surface area (Å²) in [6, 6.07) is 15.2. The zero-order valence-electron chi connectivity index (χ0n) is 37.1. The lowest BCUT2D eigenvalue weighted by atomic mass is 9.89. The number of fused-ring (bicyclic) bond motifs is 2. The summed E-state index contributed by atoms with van der Waals surface area (Å²) in [5.74, 6) is 6.95. The van der Waals surface area contributed by atoms with Crippen molar-refractivity contribution in [1.82, 2.24) is 39.3 Å². The number of hydrogen-bond donors (Lipinski definition) is 0. The molecule has 4 atom stereocenters. The Hall–Kier alpha value is -3.20. The van der Waals surface area contributed by atoms with Crippen molar-refractivity contribution in [2.75, 3.05) is 73.7 Å². The maximum Gasteiger partial charge on any atom is 0.190 e. The van der Waals surface area contributed by atoms with Crippen LogP contribution in [0.5, 0.6) is 0 Å². The number of benzene rings is 2. The van der Waals surface area contributed by atoms with Crippen LogP contribution in [-0.4, -0.2) is 115 Å². The van der Waals surface area contributed by atoms with E-state index in [1.165, 1.54) is 126 Å². The van der Waals surface area contributed by atoms with Crippen molar-refractivity contribution in [2.24, 2.45) is 25.9 Å². The Morgan fingerprint density at radius 3 is 1.32 bits per heavy atom. The number of rotatable bonds is 14. The Balaban J connectivity index is 0.000000158. The summed E-state index contributed by atoms with van der Waals surface area (Å²) in [4.78, 5) is 10.2. The molecule has 14 heteroatoms. The van der Waals surface area contributed by atoms with Gasteiger partial charge >= 0.3 is 0 Å². The van der Waals surface area contributed by atoms with Gasteiger partial charge in [0.15, 0.2) is 10.3 Å². The van der Waals surface area contributed by atoms with Crippen molar-refractivity contribution in [3.05, 3.63) is 71.8 Å². The first-order valence-electron chi connectivity index (χ1n) is 23.9. The molecule has 62 heavy (non-hydrogen) atoms. The van der Waals surface area contributed by atoms with Gasteiger partial charge in [-0.3, -0.25) is 0 Å². The Labute approximate surface area is 377 Å². The SMILES string of the molecule is Cn1c(SCCCN2C[C@@H]3CCN(c4ccc(F)cc4)[C@@H]3C2)nnc1C1CCCCC1.Cn1c(SCCCN2C[C@H]3CCN(c4ccc(F)cc4)[C@H]3C2)nnc1C1CCCCC1. The smallest absolute Gasteiger partial charge is 0.190 e. The largest absolute Gasteiger partial charge is 0.367 e. The van der Waals surface area contributed by atoms with Gasteiger partial charge in [-0.15, -0.1) is 20.4 Å². The van der Waals surface area contributed by atoms with E-state index in [2.05, 4.69) is 63.2 Å². The van der Waals surface area contributed by atoms with Crippen molar-refractivity contribution in [3.63, 3.8) is 0 Å². The van der Waals surface area contributed by atoms with E-state index < -0.39 is 0 Å². The van der Waals surface area contributed by atoms with Gasteiger partial charge in [0, 0.05) is 100 Å². The quantitative estimate of drug-likeness (QED) is 0.0904. The topological polar surface area (TPSA) is 74.4 Å². The zero-order valence-corrected chi connectivity index (χ0v) is 38.7. The lowest BCUT2D eigenvalue weighted by Crippen LogP contribution is -2.35.